The molecule has 1 aromatic heterocycles. The number of hydrogen-bond acceptors (Lipinski definition) is 5. The molecule has 7 heteroatoms. The van der Waals surface area contributed by atoms with Gasteiger partial charge in [-0.25, -0.2) is 9.78 Å². The van der Waals surface area contributed by atoms with Gasteiger partial charge >= 0.3 is 5.97 Å². The number of rotatable bonds is 4. The molecule has 2 heterocycles. The number of carbonyl (C=O) groups is 2. The van der Waals surface area contributed by atoms with Crippen molar-refractivity contribution in [3.63, 3.8) is 0 Å². The van der Waals surface area contributed by atoms with Crippen LogP contribution in [0.25, 0.3) is 0 Å². The third kappa shape index (κ3) is 3.29. The summed E-state index contributed by atoms with van der Waals surface area (Å²) in [6, 6.07) is 8.47. The molecule has 0 bridgehead atoms. The molecule has 2 aromatic rings. The third-order valence-electron chi connectivity index (χ3n) is 3.55. The average Bonchev–Trinajstić information content (AvgIpc) is 2.55. The normalized spacial score (nSPS) is 14.6. The number of nitrogens with zero attached hydrogens (tertiary/aromatic N) is 1. The van der Waals surface area contributed by atoms with E-state index in [2.05, 4.69) is 15.6 Å². The van der Waals surface area contributed by atoms with Gasteiger partial charge in [0.25, 0.3) is 0 Å². The minimum Gasteiger partial charge on any atom is -0.478 e. The van der Waals surface area contributed by atoms with Crippen molar-refractivity contribution >= 4 is 35.1 Å². The molecule has 1 aliphatic heterocycles. The SMILES string of the molecule is C[C@H](Nc1nccc2c1NC(=O)CS2)c1ccc(C(=O)O)cc1. The van der Waals surface area contributed by atoms with E-state index in [4.69, 9.17) is 5.11 Å². The van der Waals surface area contributed by atoms with Crippen LogP contribution in [0.4, 0.5) is 11.5 Å². The number of carbonyl (C=O) groups excluding carboxylic acids is 1. The Morgan fingerprint density at radius 3 is 2.78 bits per heavy atom. The molecule has 0 fully saturated rings. The van der Waals surface area contributed by atoms with Crippen LogP contribution in [-0.2, 0) is 4.79 Å². The molecule has 0 radical (unpaired) electrons. The standard InChI is InChI=1S/C16H15N3O3S/c1-9(10-2-4-11(5-3-10)16(21)22)18-15-14-12(6-7-17-15)23-8-13(20)19-14/h2-7,9H,8H2,1H3,(H,17,18)(H,19,20)(H,21,22)/t9-/m0/s1. The molecule has 1 atom stereocenters. The molecule has 3 rings (SSSR count). The fourth-order valence-electron chi connectivity index (χ4n) is 2.32. The first kappa shape index (κ1) is 15.4. The number of pyridine rings is 1. The van der Waals surface area contributed by atoms with Crippen molar-refractivity contribution in [1.29, 1.82) is 0 Å². The Morgan fingerprint density at radius 1 is 1.35 bits per heavy atom. The van der Waals surface area contributed by atoms with E-state index in [9.17, 15) is 9.59 Å². The second kappa shape index (κ2) is 6.29. The summed E-state index contributed by atoms with van der Waals surface area (Å²) in [5, 5.41) is 15.1. The van der Waals surface area contributed by atoms with E-state index < -0.39 is 5.97 Å². The predicted molar refractivity (Wildman–Crippen MR) is 89.0 cm³/mol. The highest BCUT2D eigenvalue weighted by molar-refractivity contribution is 8.00. The van der Waals surface area contributed by atoms with Crippen molar-refractivity contribution in [3.05, 3.63) is 47.7 Å². The van der Waals surface area contributed by atoms with Gasteiger partial charge in [0, 0.05) is 11.1 Å². The van der Waals surface area contributed by atoms with Crippen molar-refractivity contribution in [2.75, 3.05) is 16.4 Å². The van der Waals surface area contributed by atoms with Gasteiger partial charge in [-0.05, 0) is 30.7 Å². The Morgan fingerprint density at radius 2 is 2.09 bits per heavy atom. The first-order chi connectivity index (χ1) is 11.0. The third-order valence-corrected chi connectivity index (χ3v) is 4.60. The van der Waals surface area contributed by atoms with E-state index in [0.29, 0.717) is 17.3 Å². The second-order valence-electron chi connectivity index (χ2n) is 5.16. The topological polar surface area (TPSA) is 91.3 Å². The van der Waals surface area contributed by atoms with Crippen LogP contribution in [0.3, 0.4) is 0 Å². The van der Waals surface area contributed by atoms with Crippen LogP contribution in [0.1, 0.15) is 28.9 Å². The van der Waals surface area contributed by atoms with Gasteiger partial charge in [-0.1, -0.05) is 12.1 Å². The lowest BCUT2D eigenvalue weighted by Gasteiger charge is -2.22. The summed E-state index contributed by atoms with van der Waals surface area (Å²) >= 11 is 1.48. The Bertz CT molecular complexity index is 762. The molecule has 118 valence electrons. The van der Waals surface area contributed by atoms with Gasteiger partial charge in [0.05, 0.1) is 23.0 Å². The lowest BCUT2D eigenvalue weighted by molar-refractivity contribution is -0.113. The summed E-state index contributed by atoms with van der Waals surface area (Å²) in [5.41, 5.74) is 1.88. The van der Waals surface area contributed by atoms with Crippen LogP contribution in [0.15, 0.2) is 41.4 Å². The summed E-state index contributed by atoms with van der Waals surface area (Å²) in [6.07, 6.45) is 1.70. The van der Waals surface area contributed by atoms with Crippen LogP contribution >= 0.6 is 11.8 Å². The lowest BCUT2D eigenvalue weighted by Crippen LogP contribution is -2.21. The Kier molecular flexibility index (Phi) is 4.20. The van der Waals surface area contributed by atoms with Crippen molar-refractivity contribution in [2.45, 2.75) is 17.9 Å². The average molecular weight is 329 g/mol. The molecule has 0 spiro atoms. The number of anilines is 2. The first-order valence-electron chi connectivity index (χ1n) is 7.06. The highest BCUT2D eigenvalue weighted by Gasteiger charge is 2.20. The van der Waals surface area contributed by atoms with E-state index in [1.54, 1.807) is 30.5 Å². The largest absolute Gasteiger partial charge is 0.478 e. The molecule has 23 heavy (non-hydrogen) atoms. The number of carboxylic acid groups (broad SMARTS) is 1. The number of thioether (sulfide) groups is 1. The molecule has 6 nitrogen and oxygen atoms in total. The van der Waals surface area contributed by atoms with E-state index in [1.165, 1.54) is 11.8 Å². The number of nitrogens with one attached hydrogen (secondary N) is 2. The molecule has 0 saturated carbocycles. The van der Waals surface area contributed by atoms with E-state index in [-0.39, 0.29) is 17.5 Å². The number of benzene rings is 1. The van der Waals surface area contributed by atoms with Crippen LogP contribution in [0.2, 0.25) is 0 Å². The van der Waals surface area contributed by atoms with Crippen LogP contribution in [-0.4, -0.2) is 27.7 Å². The molecular weight excluding hydrogens is 314 g/mol. The number of hydrogen-bond donors (Lipinski definition) is 3. The van der Waals surface area contributed by atoms with Crippen molar-refractivity contribution in [1.82, 2.24) is 4.98 Å². The number of aromatic nitrogens is 1. The van der Waals surface area contributed by atoms with Crippen molar-refractivity contribution in [2.24, 2.45) is 0 Å². The summed E-state index contributed by atoms with van der Waals surface area (Å²) in [5.74, 6) is 0.0217. The van der Waals surface area contributed by atoms with Crippen LogP contribution in [0.5, 0.6) is 0 Å². The number of carboxylic acids is 1. The second-order valence-corrected chi connectivity index (χ2v) is 6.18. The molecule has 1 aromatic carbocycles. The molecule has 0 aliphatic carbocycles. The molecule has 3 N–H and O–H groups in total. The number of fused-ring (bicyclic) bond motifs is 1. The van der Waals surface area contributed by atoms with Gasteiger partial charge in [0.15, 0.2) is 5.82 Å². The van der Waals surface area contributed by atoms with Gasteiger partial charge in [-0.15, -0.1) is 11.8 Å². The van der Waals surface area contributed by atoms with E-state index in [1.807, 2.05) is 13.0 Å². The maximum absolute atomic E-state index is 11.6. The molecule has 1 aliphatic rings. The summed E-state index contributed by atoms with van der Waals surface area (Å²) in [6.45, 7) is 1.95. The molecule has 0 unspecified atom stereocenters. The maximum Gasteiger partial charge on any atom is 0.335 e. The van der Waals surface area contributed by atoms with Gasteiger partial charge in [0.1, 0.15) is 0 Å². The quantitative estimate of drug-likeness (QED) is 0.799. The molecule has 1 amide bonds. The minimum absolute atomic E-state index is 0.0444. The van der Waals surface area contributed by atoms with Crippen molar-refractivity contribution in [3.8, 4) is 0 Å². The van der Waals surface area contributed by atoms with Gasteiger partial charge < -0.3 is 15.7 Å². The predicted octanol–water partition coefficient (Wildman–Crippen LogP) is 3.00. The van der Waals surface area contributed by atoms with E-state index in [0.717, 1.165) is 10.5 Å². The van der Waals surface area contributed by atoms with Gasteiger partial charge in [-0.3, -0.25) is 4.79 Å². The summed E-state index contributed by atoms with van der Waals surface area (Å²) < 4.78 is 0. The van der Waals surface area contributed by atoms with Gasteiger partial charge in [0.2, 0.25) is 5.91 Å². The fraction of sp³-hybridized carbons (Fsp3) is 0.188. The lowest BCUT2D eigenvalue weighted by atomic mass is 10.1. The number of amides is 1. The number of aromatic carboxylic acids is 1. The minimum atomic E-state index is -0.948. The highest BCUT2D eigenvalue weighted by atomic mass is 32.2. The van der Waals surface area contributed by atoms with E-state index >= 15 is 0 Å². The Balaban J connectivity index is 1.81. The fourth-order valence-corrected chi connectivity index (χ4v) is 3.12. The first-order valence-corrected chi connectivity index (χ1v) is 8.04. The summed E-state index contributed by atoms with van der Waals surface area (Å²) in [4.78, 5) is 27.8. The van der Waals surface area contributed by atoms with Crippen LogP contribution < -0.4 is 10.6 Å². The Hall–Kier alpha value is -2.54. The molecule has 0 saturated heterocycles. The monoisotopic (exact) mass is 329 g/mol. The maximum atomic E-state index is 11.6. The zero-order valence-corrected chi connectivity index (χ0v) is 13.2. The van der Waals surface area contributed by atoms with Gasteiger partial charge in [-0.2, -0.15) is 0 Å². The summed E-state index contributed by atoms with van der Waals surface area (Å²) in [7, 11) is 0. The molecular formula is C16H15N3O3S. The van der Waals surface area contributed by atoms with Crippen LogP contribution in [0, 0.1) is 0 Å². The smallest absolute Gasteiger partial charge is 0.335 e. The van der Waals surface area contributed by atoms with Crippen molar-refractivity contribution < 1.29 is 14.7 Å². The zero-order chi connectivity index (χ0) is 16.4. The highest BCUT2D eigenvalue weighted by Crippen LogP contribution is 2.36. The Labute approximate surface area is 137 Å². The zero-order valence-electron chi connectivity index (χ0n) is 12.4.